The van der Waals surface area contributed by atoms with Crippen LogP contribution in [0, 0.1) is 5.92 Å². The van der Waals surface area contributed by atoms with Crippen LogP contribution in [-0.4, -0.2) is 61.5 Å². The number of carboxylic acid groups (broad SMARTS) is 1. The van der Waals surface area contributed by atoms with Crippen LogP contribution in [-0.2, 0) is 23.9 Å². The zero-order valence-electron chi connectivity index (χ0n) is 17.5. The van der Waals surface area contributed by atoms with Gasteiger partial charge in [-0.3, -0.25) is 4.68 Å². The van der Waals surface area contributed by atoms with E-state index in [1.807, 2.05) is 11.1 Å². The minimum Gasteiger partial charge on any atom is -0.475 e. The number of pyridine rings is 1. The highest BCUT2D eigenvalue weighted by Gasteiger charge is 2.38. The van der Waals surface area contributed by atoms with Crippen LogP contribution in [0.2, 0.25) is 0 Å². The summed E-state index contributed by atoms with van der Waals surface area (Å²) >= 11 is 0. The Labute approximate surface area is 184 Å². The van der Waals surface area contributed by atoms with Crippen molar-refractivity contribution in [1.82, 2.24) is 20.0 Å². The molecule has 33 heavy (non-hydrogen) atoms. The van der Waals surface area contributed by atoms with Crippen LogP contribution in [0.1, 0.15) is 31.2 Å². The number of anilines is 1. The summed E-state index contributed by atoms with van der Waals surface area (Å²) in [6, 6.07) is 4.01. The van der Waals surface area contributed by atoms with Crippen molar-refractivity contribution in [3.8, 4) is 0 Å². The fraction of sp³-hybridized carbons (Fsp3) is 0.579. The summed E-state index contributed by atoms with van der Waals surface area (Å²) in [6.45, 7) is 3.75. The Balaban J connectivity index is 0.000000479. The third-order valence-corrected chi connectivity index (χ3v) is 4.74. The smallest absolute Gasteiger partial charge is 0.475 e. The summed E-state index contributed by atoms with van der Waals surface area (Å²) in [5.41, 5.74) is -0.101. The predicted molar refractivity (Wildman–Crippen MR) is 103 cm³/mol. The molecular formula is C19H23F6N5O3. The second-order valence-electron chi connectivity index (χ2n) is 7.60. The molecule has 14 heteroatoms. The molecule has 0 amide bonds. The molecule has 1 unspecified atom stereocenters. The number of hydrogen-bond acceptors (Lipinski definition) is 6. The minimum atomic E-state index is -5.08. The molecular weight excluding hydrogens is 460 g/mol. The third-order valence-electron chi connectivity index (χ3n) is 4.74. The molecule has 0 bridgehead atoms. The molecule has 1 saturated heterocycles. The SMILES string of the molecule is CC(O)Cc1cn(CC2CCN(c3cccc(C(F)(F)F)n3)CC2)nn1.O=C(O)C(F)(F)F. The van der Waals surface area contributed by atoms with Gasteiger partial charge in [0, 0.05) is 32.3 Å². The molecule has 8 nitrogen and oxygen atoms in total. The molecule has 0 radical (unpaired) electrons. The fourth-order valence-corrected chi connectivity index (χ4v) is 3.19. The van der Waals surface area contributed by atoms with Crippen LogP contribution in [0.4, 0.5) is 32.2 Å². The molecule has 0 aromatic carbocycles. The van der Waals surface area contributed by atoms with E-state index in [2.05, 4.69) is 15.3 Å². The maximum atomic E-state index is 12.8. The summed E-state index contributed by atoms with van der Waals surface area (Å²) in [5, 5.41) is 24.6. The van der Waals surface area contributed by atoms with E-state index in [4.69, 9.17) is 9.90 Å². The standard InChI is InChI=1S/C17H22F3N5O.C2HF3O2/c1-12(26)9-14-11-25(23-22-14)10-13-5-7-24(8-6-13)16-4-2-3-15(21-16)17(18,19)20;3-2(4,5)1(6)7/h2-4,11-13,26H,5-10H2,1H3;(H,6,7). The zero-order chi connectivity index (χ0) is 24.8. The van der Waals surface area contributed by atoms with Crippen LogP contribution < -0.4 is 4.90 Å². The molecule has 0 spiro atoms. The molecule has 1 atom stereocenters. The highest BCUT2D eigenvalue weighted by atomic mass is 19.4. The monoisotopic (exact) mass is 483 g/mol. The molecule has 2 aromatic heterocycles. The van der Waals surface area contributed by atoms with Crippen LogP contribution >= 0.6 is 0 Å². The summed E-state index contributed by atoms with van der Waals surface area (Å²) in [4.78, 5) is 14.5. The van der Waals surface area contributed by atoms with Crippen molar-refractivity contribution in [3.63, 3.8) is 0 Å². The molecule has 0 saturated carbocycles. The van der Waals surface area contributed by atoms with Crippen LogP contribution in [0.25, 0.3) is 0 Å². The molecule has 0 aliphatic carbocycles. The average molecular weight is 483 g/mol. The van der Waals surface area contributed by atoms with Gasteiger partial charge in [-0.15, -0.1) is 5.10 Å². The number of halogens is 6. The first-order chi connectivity index (χ1) is 15.3. The van der Waals surface area contributed by atoms with Gasteiger partial charge in [0.1, 0.15) is 11.5 Å². The number of carbonyl (C=O) groups is 1. The first-order valence-electron chi connectivity index (χ1n) is 9.92. The van der Waals surface area contributed by atoms with Crippen molar-refractivity contribution in [2.75, 3.05) is 18.0 Å². The first kappa shape index (κ1) is 26.4. The zero-order valence-corrected chi connectivity index (χ0v) is 17.5. The number of aliphatic carboxylic acids is 1. The average Bonchev–Trinajstić information content (AvgIpc) is 3.14. The van der Waals surface area contributed by atoms with E-state index in [-0.39, 0.29) is 0 Å². The summed E-state index contributed by atoms with van der Waals surface area (Å²) in [6.07, 6.45) is -5.95. The molecule has 184 valence electrons. The normalized spacial score (nSPS) is 16.2. The Hall–Kier alpha value is -2.90. The third kappa shape index (κ3) is 8.51. The molecule has 2 N–H and O–H groups in total. The Kier molecular flexibility index (Phi) is 8.63. The Morgan fingerprint density at radius 1 is 1.18 bits per heavy atom. The van der Waals surface area contributed by atoms with Crippen molar-refractivity contribution in [3.05, 3.63) is 35.8 Å². The largest absolute Gasteiger partial charge is 0.490 e. The van der Waals surface area contributed by atoms with E-state index in [0.717, 1.165) is 31.1 Å². The Morgan fingerprint density at radius 2 is 1.79 bits per heavy atom. The van der Waals surface area contributed by atoms with E-state index in [1.54, 1.807) is 17.7 Å². The maximum absolute atomic E-state index is 12.8. The molecule has 1 fully saturated rings. The number of aliphatic hydroxyl groups is 1. The van der Waals surface area contributed by atoms with Crippen LogP contribution in [0.15, 0.2) is 24.4 Å². The number of aliphatic hydroxyl groups excluding tert-OH is 1. The lowest BCUT2D eigenvalue weighted by Crippen LogP contribution is -2.35. The van der Waals surface area contributed by atoms with Gasteiger partial charge in [0.2, 0.25) is 0 Å². The number of nitrogens with zero attached hydrogens (tertiary/aromatic N) is 5. The van der Waals surface area contributed by atoms with Gasteiger partial charge in [0.15, 0.2) is 0 Å². The predicted octanol–water partition coefficient (Wildman–Crippen LogP) is 3.17. The molecule has 1 aliphatic heterocycles. The lowest BCUT2D eigenvalue weighted by molar-refractivity contribution is -0.192. The lowest BCUT2D eigenvalue weighted by atomic mass is 9.97. The van der Waals surface area contributed by atoms with Gasteiger partial charge in [0.05, 0.1) is 11.8 Å². The van der Waals surface area contributed by atoms with Gasteiger partial charge in [-0.2, -0.15) is 26.3 Å². The summed E-state index contributed by atoms with van der Waals surface area (Å²) in [5.74, 6) is -2.00. The number of hydrogen-bond donors (Lipinski definition) is 2. The van der Waals surface area contributed by atoms with Crippen molar-refractivity contribution in [2.45, 2.75) is 51.2 Å². The van der Waals surface area contributed by atoms with E-state index < -0.39 is 30.1 Å². The Morgan fingerprint density at radius 3 is 2.30 bits per heavy atom. The lowest BCUT2D eigenvalue weighted by Gasteiger charge is -2.32. The Bertz CT molecular complexity index is 908. The number of aromatic nitrogens is 4. The highest BCUT2D eigenvalue weighted by Crippen LogP contribution is 2.30. The van der Waals surface area contributed by atoms with Gasteiger partial charge < -0.3 is 15.1 Å². The van der Waals surface area contributed by atoms with Gasteiger partial charge in [0.25, 0.3) is 0 Å². The van der Waals surface area contributed by atoms with Crippen molar-refractivity contribution in [2.24, 2.45) is 5.92 Å². The molecule has 3 heterocycles. The number of piperidine rings is 1. The van der Waals surface area contributed by atoms with Gasteiger partial charge in [-0.25, -0.2) is 9.78 Å². The molecule has 1 aliphatic rings. The quantitative estimate of drug-likeness (QED) is 0.630. The van der Waals surface area contributed by atoms with Gasteiger partial charge in [-0.1, -0.05) is 11.3 Å². The van der Waals surface area contributed by atoms with Gasteiger partial charge >= 0.3 is 18.3 Å². The van der Waals surface area contributed by atoms with Crippen LogP contribution in [0.3, 0.4) is 0 Å². The topological polar surface area (TPSA) is 104 Å². The maximum Gasteiger partial charge on any atom is 0.490 e. The number of alkyl halides is 6. The van der Waals surface area contributed by atoms with Crippen molar-refractivity contribution >= 4 is 11.8 Å². The molecule has 2 aromatic rings. The highest BCUT2D eigenvalue weighted by molar-refractivity contribution is 5.73. The second-order valence-corrected chi connectivity index (χ2v) is 7.60. The molecule has 3 rings (SSSR count). The summed E-state index contributed by atoms with van der Waals surface area (Å²) < 4.78 is 71.9. The fourth-order valence-electron chi connectivity index (χ4n) is 3.19. The first-order valence-corrected chi connectivity index (χ1v) is 9.92. The number of carboxylic acids is 1. The minimum absolute atomic E-state index is 0.373. The van der Waals surface area contributed by atoms with Crippen molar-refractivity contribution < 1.29 is 41.4 Å². The van der Waals surface area contributed by atoms with E-state index in [1.165, 1.54) is 6.07 Å². The summed E-state index contributed by atoms with van der Waals surface area (Å²) in [7, 11) is 0. The van der Waals surface area contributed by atoms with E-state index >= 15 is 0 Å². The van der Waals surface area contributed by atoms with Crippen molar-refractivity contribution in [1.29, 1.82) is 0 Å². The second kappa shape index (κ2) is 10.8. The number of rotatable bonds is 5. The van der Waals surface area contributed by atoms with Crippen LogP contribution in [0.5, 0.6) is 0 Å². The van der Waals surface area contributed by atoms with E-state index in [9.17, 15) is 31.4 Å². The van der Waals surface area contributed by atoms with E-state index in [0.29, 0.717) is 31.2 Å². The van der Waals surface area contributed by atoms with Gasteiger partial charge in [-0.05, 0) is 37.8 Å².